The molecule has 2 heterocycles. The second kappa shape index (κ2) is 8.13. The van der Waals surface area contributed by atoms with Gasteiger partial charge in [0.25, 0.3) is 0 Å². The number of thiazole rings is 1. The number of nitrogens with zero attached hydrogens (tertiary/aromatic N) is 1. The van der Waals surface area contributed by atoms with Gasteiger partial charge in [-0.3, -0.25) is 4.79 Å². The number of amides is 1. The van der Waals surface area contributed by atoms with Crippen LogP contribution in [0.3, 0.4) is 0 Å². The predicted octanol–water partition coefficient (Wildman–Crippen LogP) is 3.75. The first-order chi connectivity index (χ1) is 12.2. The van der Waals surface area contributed by atoms with E-state index >= 15 is 0 Å². The smallest absolute Gasteiger partial charge is 0.226 e. The summed E-state index contributed by atoms with van der Waals surface area (Å²) in [7, 11) is 3.19. The Morgan fingerprint density at radius 3 is 2.72 bits per heavy atom. The number of hydrogen-bond donors (Lipinski definition) is 1. The first kappa shape index (κ1) is 17.4. The Hall–Kier alpha value is -2.38. The van der Waals surface area contributed by atoms with Crippen LogP contribution in [0, 0.1) is 0 Å². The molecule has 0 radical (unpaired) electrons. The molecular formula is C18H18N2O3S2. The van der Waals surface area contributed by atoms with Crippen LogP contribution in [-0.2, 0) is 17.8 Å². The fraction of sp³-hybridized carbons (Fsp3) is 0.222. The molecule has 3 aromatic rings. The van der Waals surface area contributed by atoms with Crippen LogP contribution in [0.4, 0.5) is 0 Å². The van der Waals surface area contributed by atoms with Crippen LogP contribution in [0.5, 0.6) is 11.5 Å². The molecule has 0 spiro atoms. The Morgan fingerprint density at radius 2 is 2.00 bits per heavy atom. The molecule has 3 rings (SSSR count). The van der Waals surface area contributed by atoms with Gasteiger partial charge in [0.05, 0.1) is 26.3 Å². The number of carbonyl (C=O) groups excluding carboxylic acids is 1. The van der Waals surface area contributed by atoms with Crippen molar-refractivity contribution in [2.24, 2.45) is 0 Å². The molecule has 130 valence electrons. The number of thiophene rings is 1. The lowest BCUT2D eigenvalue weighted by Crippen LogP contribution is -2.24. The first-order valence-corrected chi connectivity index (χ1v) is 9.46. The molecule has 1 amide bonds. The third kappa shape index (κ3) is 4.37. The monoisotopic (exact) mass is 374 g/mol. The standard InChI is InChI=1S/C18H18N2O3S2/c1-22-15-4-3-12(7-16(15)23-2)9-19-17(21)8-14-11-25-18(20-14)13-5-6-24-10-13/h3-7,10-11H,8-9H2,1-2H3,(H,19,21). The fourth-order valence-electron chi connectivity index (χ4n) is 2.33. The van der Waals surface area contributed by atoms with Gasteiger partial charge in [0, 0.05) is 22.9 Å². The average molecular weight is 374 g/mol. The largest absolute Gasteiger partial charge is 0.493 e. The summed E-state index contributed by atoms with van der Waals surface area (Å²) in [5, 5.41) is 9.87. The first-order valence-electron chi connectivity index (χ1n) is 7.64. The van der Waals surface area contributed by atoms with Crippen LogP contribution in [0.15, 0.2) is 40.4 Å². The molecule has 0 saturated carbocycles. The van der Waals surface area contributed by atoms with Crippen molar-refractivity contribution in [3.8, 4) is 22.1 Å². The van der Waals surface area contributed by atoms with E-state index in [-0.39, 0.29) is 12.3 Å². The highest BCUT2D eigenvalue weighted by Gasteiger charge is 2.10. The Labute approximate surface area is 154 Å². The molecule has 0 atom stereocenters. The second-order valence-corrected chi connectivity index (χ2v) is 6.94. The van der Waals surface area contributed by atoms with Crippen molar-refractivity contribution in [3.63, 3.8) is 0 Å². The van der Waals surface area contributed by atoms with Gasteiger partial charge in [0.15, 0.2) is 11.5 Å². The molecule has 1 N–H and O–H groups in total. The van der Waals surface area contributed by atoms with E-state index in [2.05, 4.69) is 15.7 Å². The van der Waals surface area contributed by atoms with Crippen molar-refractivity contribution in [1.29, 1.82) is 0 Å². The summed E-state index contributed by atoms with van der Waals surface area (Å²) in [6.45, 7) is 0.431. The molecule has 0 saturated heterocycles. The van der Waals surface area contributed by atoms with Crippen LogP contribution in [0.2, 0.25) is 0 Å². The zero-order chi connectivity index (χ0) is 17.6. The predicted molar refractivity (Wildman–Crippen MR) is 101 cm³/mol. The molecule has 0 aliphatic carbocycles. The van der Waals surface area contributed by atoms with Crippen molar-refractivity contribution >= 4 is 28.6 Å². The molecule has 25 heavy (non-hydrogen) atoms. The highest BCUT2D eigenvalue weighted by molar-refractivity contribution is 7.14. The number of hydrogen-bond acceptors (Lipinski definition) is 6. The van der Waals surface area contributed by atoms with Gasteiger partial charge in [-0.25, -0.2) is 4.98 Å². The molecule has 0 bridgehead atoms. The number of benzene rings is 1. The number of rotatable bonds is 7. The average Bonchev–Trinajstić information content (AvgIpc) is 3.31. The van der Waals surface area contributed by atoms with E-state index in [1.165, 1.54) is 0 Å². The van der Waals surface area contributed by atoms with Crippen molar-refractivity contribution in [3.05, 3.63) is 51.7 Å². The van der Waals surface area contributed by atoms with Crippen LogP contribution < -0.4 is 14.8 Å². The highest BCUT2D eigenvalue weighted by Crippen LogP contribution is 2.28. The zero-order valence-corrected chi connectivity index (χ0v) is 15.6. The van der Waals surface area contributed by atoms with Crippen LogP contribution >= 0.6 is 22.7 Å². The Kier molecular flexibility index (Phi) is 5.67. The van der Waals surface area contributed by atoms with E-state index in [1.54, 1.807) is 36.9 Å². The molecule has 2 aromatic heterocycles. The molecule has 1 aromatic carbocycles. The molecule has 0 fully saturated rings. The van der Waals surface area contributed by atoms with Crippen molar-refractivity contribution in [2.75, 3.05) is 14.2 Å². The highest BCUT2D eigenvalue weighted by atomic mass is 32.1. The van der Waals surface area contributed by atoms with Gasteiger partial charge in [0.1, 0.15) is 5.01 Å². The summed E-state index contributed by atoms with van der Waals surface area (Å²) in [5.74, 6) is 1.26. The van der Waals surface area contributed by atoms with Gasteiger partial charge in [-0.1, -0.05) is 6.07 Å². The summed E-state index contributed by atoms with van der Waals surface area (Å²) in [6, 6.07) is 7.62. The van der Waals surface area contributed by atoms with E-state index in [0.717, 1.165) is 21.8 Å². The van der Waals surface area contributed by atoms with Crippen LogP contribution in [-0.4, -0.2) is 25.1 Å². The molecule has 5 nitrogen and oxygen atoms in total. The lowest BCUT2D eigenvalue weighted by Gasteiger charge is -2.10. The van der Waals surface area contributed by atoms with Gasteiger partial charge in [-0.2, -0.15) is 11.3 Å². The summed E-state index contributed by atoms with van der Waals surface area (Å²) in [6.07, 6.45) is 0.272. The topological polar surface area (TPSA) is 60.5 Å². The maximum atomic E-state index is 12.2. The van der Waals surface area contributed by atoms with Crippen molar-refractivity contribution in [1.82, 2.24) is 10.3 Å². The number of aromatic nitrogens is 1. The van der Waals surface area contributed by atoms with E-state index in [0.29, 0.717) is 18.0 Å². The van der Waals surface area contributed by atoms with Crippen LogP contribution in [0.25, 0.3) is 10.6 Å². The zero-order valence-electron chi connectivity index (χ0n) is 13.9. The molecule has 0 aliphatic rings. The minimum Gasteiger partial charge on any atom is -0.493 e. The minimum atomic E-state index is -0.0584. The van der Waals surface area contributed by atoms with E-state index in [1.807, 2.05) is 35.0 Å². The van der Waals surface area contributed by atoms with Crippen molar-refractivity contribution in [2.45, 2.75) is 13.0 Å². The third-order valence-electron chi connectivity index (χ3n) is 3.60. The van der Waals surface area contributed by atoms with Gasteiger partial charge in [-0.15, -0.1) is 11.3 Å². The number of carbonyl (C=O) groups is 1. The SMILES string of the molecule is COc1ccc(CNC(=O)Cc2csc(-c3ccsc3)n2)cc1OC. The Morgan fingerprint density at radius 1 is 1.16 bits per heavy atom. The van der Waals surface area contributed by atoms with Gasteiger partial charge >= 0.3 is 0 Å². The third-order valence-corrected chi connectivity index (χ3v) is 5.22. The molecule has 7 heteroatoms. The molecule has 0 aliphatic heterocycles. The number of ether oxygens (including phenoxy) is 2. The van der Waals surface area contributed by atoms with E-state index in [9.17, 15) is 4.79 Å². The second-order valence-electron chi connectivity index (χ2n) is 5.30. The fourth-order valence-corrected chi connectivity index (χ4v) is 3.86. The minimum absolute atomic E-state index is 0.0584. The van der Waals surface area contributed by atoms with Crippen molar-refractivity contribution < 1.29 is 14.3 Å². The van der Waals surface area contributed by atoms with Crippen LogP contribution in [0.1, 0.15) is 11.3 Å². The number of nitrogens with one attached hydrogen (secondary N) is 1. The number of methoxy groups -OCH3 is 2. The van der Waals surface area contributed by atoms with Gasteiger partial charge < -0.3 is 14.8 Å². The normalized spacial score (nSPS) is 10.5. The lowest BCUT2D eigenvalue weighted by molar-refractivity contribution is -0.120. The summed E-state index contributed by atoms with van der Waals surface area (Å²) in [4.78, 5) is 16.7. The molecular weight excluding hydrogens is 356 g/mol. The van der Waals surface area contributed by atoms with E-state index in [4.69, 9.17) is 9.47 Å². The lowest BCUT2D eigenvalue weighted by atomic mass is 10.2. The molecule has 0 unspecified atom stereocenters. The Balaban J connectivity index is 1.56. The Bertz CT molecular complexity index is 844. The summed E-state index contributed by atoms with van der Waals surface area (Å²) in [5.41, 5.74) is 2.84. The summed E-state index contributed by atoms with van der Waals surface area (Å²) >= 11 is 3.19. The van der Waals surface area contributed by atoms with Gasteiger partial charge in [0.2, 0.25) is 5.91 Å². The maximum Gasteiger partial charge on any atom is 0.226 e. The van der Waals surface area contributed by atoms with Gasteiger partial charge in [-0.05, 0) is 29.1 Å². The summed E-state index contributed by atoms with van der Waals surface area (Å²) < 4.78 is 10.5. The quantitative estimate of drug-likeness (QED) is 0.684. The maximum absolute atomic E-state index is 12.2. The van der Waals surface area contributed by atoms with E-state index < -0.39 is 0 Å².